The van der Waals surface area contributed by atoms with Gasteiger partial charge in [0.2, 0.25) is 5.91 Å². The maximum atomic E-state index is 11.9. The molecule has 0 unspecified atom stereocenters. The van der Waals surface area contributed by atoms with E-state index >= 15 is 0 Å². The van der Waals surface area contributed by atoms with Gasteiger partial charge in [-0.1, -0.05) is 29.3 Å². The highest BCUT2D eigenvalue weighted by molar-refractivity contribution is 9.10. The summed E-state index contributed by atoms with van der Waals surface area (Å²) in [6, 6.07) is 14.5. The summed E-state index contributed by atoms with van der Waals surface area (Å²) in [7, 11) is 0. The topological polar surface area (TPSA) is 70.2 Å². The fourth-order valence-electron chi connectivity index (χ4n) is 2.14. The van der Waals surface area contributed by atoms with Gasteiger partial charge in [0.15, 0.2) is 0 Å². The zero-order valence-electron chi connectivity index (χ0n) is 14.1. The molecule has 2 aromatic rings. The molecule has 132 valence electrons. The minimum absolute atomic E-state index is 0.0759. The molecular formula is C19H22BrN3O2. The Labute approximate surface area is 156 Å². The highest BCUT2D eigenvalue weighted by atomic mass is 79.9. The van der Waals surface area contributed by atoms with E-state index < -0.39 is 0 Å². The molecule has 0 bridgehead atoms. The molecule has 0 heterocycles. The fourth-order valence-corrected chi connectivity index (χ4v) is 2.41. The number of amides is 2. The van der Waals surface area contributed by atoms with E-state index in [9.17, 15) is 9.59 Å². The van der Waals surface area contributed by atoms with Crippen LogP contribution >= 0.6 is 15.9 Å². The molecule has 0 aromatic heterocycles. The van der Waals surface area contributed by atoms with Crippen molar-refractivity contribution in [3.8, 4) is 0 Å². The molecule has 2 aromatic carbocycles. The first kappa shape index (κ1) is 19.0. The van der Waals surface area contributed by atoms with E-state index in [1.165, 1.54) is 0 Å². The Balaban J connectivity index is 1.79. The number of halogens is 1. The molecule has 0 aliphatic heterocycles. The summed E-state index contributed by atoms with van der Waals surface area (Å²) in [5, 5.41) is 8.73. The Morgan fingerprint density at radius 1 is 0.960 bits per heavy atom. The molecule has 5 nitrogen and oxygen atoms in total. The number of rotatable bonds is 8. The molecule has 0 spiro atoms. The molecule has 0 atom stereocenters. The van der Waals surface area contributed by atoms with Crippen molar-refractivity contribution < 1.29 is 9.59 Å². The number of hydrogen-bond donors (Lipinski definition) is 3. The third-order valence-corrected chi connectivity index (χ3v) is 4.07. The van der Waals surface area contributed by atoms with Gasteiger partial charge in [0.1, 0.15) is 0 Å². The monoisotopic (exact) mass is 403 g/mol. The number of carbonyl (C=O) groups is 2. The maximum Gasteiger partial charge on any atom is 0.251 e. The lowest BCUT2D eigenvalue weighted by Crippen LogP contribution is -2.24. The van der Waals surface area contributed by atoms with Gasteiger partial charge < -0.3 is 16.0 Å². The van der Waals surface area contributed by atoms with Crippen molar-refractivity contribution in [1.29, 1.82) is 0 Å². The molecule has 0 saturated carbocycles. The number of anilines is 2. The molecule has 3 N–H and O–H groups in total. The average Bonchev–Trinajstić information content (AvgIpc) is 2.62. The number of benzene rings is 2. The Morgan fingerprint density at radius 3 is 2.24 bits per heavy atom. The van der Waals surface area contributed by atoms with Crippen LogP contribution in [0.1, 0.15) is 30.1 Å². The van der Waals surface area contributed by atoms with Crippen molar-refractivity contribution in [2.75, 3.05) is 23.7 Å². The summed E-state index contributed by atoms with van der Waals surface area (Å²) in [5.41, 5.74) is 2.14. The number of carbonyl (C=O) groups excluding carboxylic acids is 2. The van der Waals surface area contributed by atoms with Gasteiger partial charge in [0, 0.05) is 28.0 Å². The summed E-state index contributed by atoms with van der Waals surface area (Å²) < 4.78 is 0.961. The zero-order chi connectivity index (χ0) is 18.1. The fraction of sp³-hybridized carbons (Fsp3) is 0.263. The third kappa shape index (κ3) is 6.58. The standard InChI is InChI=1S/C19H22BrN3O2/c1-2-3-12-21-19(25)14-4-8-16(9-5-14)22-13-18(24)23-17-10-6-15(20)7-11-17/h4-11,22H,2-3,12-13H2,1H3,(H,21,25)(H,23,24). The van der Waals surface area contributed by atoms with Crippen molar-refractivity contribution in [3.63, 3.8) is 0 Å². The molecule has 0 fully saturated rings. The van der Waals surface area contributed by atoms with Crippen LogP contribution in [0.25, 0.3) is 0 Å². The van der Waals surface area contributed by atoms with E-state index in [1.54, 1.807) is 24.3 Å². The van der Waals surface area contributed by atoms with E-state index in [0.717, 1.165) is 28.7 Å². The van der Waals surface area contributed by atoms with Crippen LogP contribution in [0.15, 0.2) is 53.0 Å². The van der Waals surface area contributed by atoms with Crippen molar-refractivity contribution in [2.24, 2.45) is 0 Å². The van der Waals surface area contributed by atoms with Crippen LogP contribution in [0.4, 0.5) is 11.4 Å². The van der Waals surface area contributed by atoms with Gasteiger partial charge in [0.25, 0.3) is 5.91 Å². The summed E-state index contributed by atoms with van der Waals surface area (Å²) in [5.74, 6) is -0.211. The first-order valence-corrected chi connectivity index (χ1v) is 9.05. The van der Waals surface area contributed by atoms with Gasteiger partial charge in [-0.2, -0.15) is 0 Å². The second-order valence-electron chi connectivity index (χ2n) is 5.60. The Bertz CT molecular complexity index is 700. The normalized spacial score (nSPS) is 10.2. The lowest BCUT2D eigenvalue weighted by atomic mass is 10.2. The lowest BCUT2D eigenvalue weighted by molar-refractivity contribution is -0.114. The van der Waals surface area contributed by atoms with Crippen LogP contribution < -0.4 is 16.0 Å². The first-order valence-electron chi connectivity index (χ1n) is 8.26. The van der Waals surface area contributed by atoms with Crippen LogP contribution in [-0.4, -0.2) is 24.9 Å². The summed E-state index contributed by atoms with van der Waals surface area (Å²) in [4.78, 5) is 23.9. The van der Waals surface area contributed by atoms with Crippen molar-refractivity contribution in [3.05, 3.63) is 58.6 Å². The Morgan fingerprint density at radius 2 is 1.60 bits per heavy atom. The third-order valence-electron chi connectivity index (χ3n) is 3.54. The smallest absolute Gasteiger partial charge is 0.251 e. The van der Waals surface area contributed by atoms with E-state index in [2.05, 4.69) is 38.8 Å². The lowest BCUT2D eigenvalue weighted by Gasteiger charge is -2.09. The minimum atomic E-state index is -0.135. The van der Waals surface area contributed by atoms with Crippen LogP contribution in [0.2, 0.25) is 0 Å². The van der Waals surface area contributed by atoms with Gasteiger partial charge >= 0.3 is 0 Å². The zero-order valence-corrected chi connectivity index (χ0v) is 15.7. The summed E-state index contributed by atoms with van der Waals surface area (Å²) >= 11 is 3.35. The molecule has 6 heteroatoms. The first-order chi connectivity index (χ1) is 12.1. The van der Waals surface area contributed by atoms with Crippen LogP contribution in [0, 0.1) is 0 Å². The number of hydrogen-bond acceptors (Lipinski definition) is 3. The Hall–Kier alpha value is -2.34. The molecule has 2 amide bonds. The molecule has 0 aliphatic rings. The quantitative estimate of drug-likeness (QED) is 0.582. The summed E-state index contributed by atoms with van der Waals surface area (Å²) in [6.07, 6.45) is 2.02. The molecule has 25 heavy (non-hydrogen) atoms. The predicted octanol–water partition coefficient (Wildman–Crippen LogP) is 4.03. The molecule has 2 rings (SSSR count). The van der Waals surface area contributed by atoms with E-state index in [1.807, 2.05) is 24.3 Å². The van der Waals surface area contributed by atoms with Crippen LogP contribution in [0.5, 0.6) is 0 Å². The Kier molecular flexibility index (Phi) is 7.47. The van der Waals surface area contributed by atoms with Gasteiger partial charge in [-0.05, 0) is 55.0 Å². The van der Waals surface area contributed by atoms with Gasteiger partial charge in [-0.25, -0.2) is 0 Å². The summed E-state index contributed by atoms with van der Waals surface area (Å²) in [6.45, 7) is 2.92. The molecule has 0 saturated heterocycles. The largest absolute Gasteiger partial charge is 0.376 e. The minimum Gasteiger partial charge on any atom is -0.376 e. The predicted molar refractivity (Wildman–Crippen MR) is 105 cm³/mol. The van der Waals surface area contributed by atoms with Gasteiger partial charge in [-0.3, -0.25) is 9.59 Å². The average molecular weight is 404 g/mol. The van der Waals surface area contributed by atoms with Crippen molar-refractivity contribution >= 4 is 39.1 Å². The van der Waals surface area contributed by atoms with Crippen molar-refractivity contribution in [1.82, 2.24) is 5.32 Å². The van der Waals surface area contributed by atoms with E-state index in [4.69, 9.17) is 0 Å². The highest BCUT2D eigenvalue weighted by Gasteiger charge is 2.06. The van der Waals surface area contributed by atoms with Gasteiger partial charge in [-0.15, -0.1) is 0 Å². The molecule has 0 radical (unpaired) electrons. The van der Waals surface area contributed by atoms with E-state index in [-0.39, 0.29) is 18.4 Å². The second kappa shape index (κ2) is 9.84. The molecular weight excluding hydrogens is 382 g/mol. The maximum absolute atomic E-state index is 11.9. The second-order valence-corrected chi connectivity index (χ2v) is 6.51. The molecule has 0 aliphatic carbocycles. The SMILES string of the molecule is CCCCNC(=O)c1ccc(NCC(=O)Nc2ccc(Br)cc2)cc1. The highest BCUT2D eigenvalue weighted by Crippen LogP contribution is 2.14. The number of nitrogens with one attached hydrogen (secondary N) is 3. The number of unbranched alkanes of at least 4 members (excludes halogenated alkanes) is 1. The van der Waals surface area contributed by atoms with Gasteiger partial charge in [0.05, 0.1) is 6.54 Å². The van der Waals surface area contributed by atoms with E-state index in [0.29, 0.717) is 12.1 Å². The van der Waals surface area contributed by atoms with Crippen LogP contribution in [0.3, 0.4) is 0 Å². The van der Waals surface area contributed by atoms with Crippen molar-refractivity contribution in [2.45, 2.75) is 19.8 Å². The van der Waals surface area contributed by atoms with Crippen LogP contribution in [-0.2, 0) is 4.79 Å².